The molecule has 0 bridgehead atoms. The van der Waals surface area contributed by atoms with Gasteiger partial charge in [-0.2, -0.15) is 0 Å². The van der Waals surface area contributed by atoms with Crippen LogP contribution in [-0.4, -0.2) is 12.6 Å². The van der Waals surface area contributed by atoms with E-state index in [0.717, 1.165) is 12.1 Å². The van der Waals surface area contributed by atoms with Gasteiger partial charge in [-0.05, 0) is 13.0 Å². The molecule has 5 heteroatoms. The SMILES string of the molecule is CCOC(=O)Cc1c(F)cc(F)cc1Br. The van der Waals surface area contributed by atoms with Crippen molar-refractivity contribution in [1.29, 1.82) is 0 Å². The summed E-state index contributed by atoms with van der Waals surface area (Å²) in [5, 5.41) is 0. The van der Waals surface area contributed by atoms with Crippen molar-refractivity contribution < 1.29 is 18.3 Å². The number of carbonyl (C=O) groups excluding carboxylic acids is 1. The molecular formula is C10H9BrF2O2. The molecule has 0 amide bonds. The van der Waals surface area contributed by atoms with E-state index in [1.54, 1.807) is 6.92 Å². The molecule has 0 fully saturated rings. The normalized spacial score (nSPS) is 10.1. The van der Waals surface area contributed by atoms with Crippen molar-refractivity contribution in [2.24, 2.45) is 0 Å². The third-order valence-corrected chi connectivity index (χ3v) is 2.44. The van der Waals surface area contributed by atoms with Gasteiger partial charge in [0.25, 0.3) is 0 Å². The summed E-state index contributed by atoms with van der Waals surface area (Å²) in [5.74, 6) is -1.98. The molecule has 2 nitrogen and oxygen atoms in total. The van der Waals surface area contributed by atoms with Crippen LogP contribution in [0.1, 0.15) is 12.5 Å². The molecule has 0 spiro atoms. The maximum Gasteiger partial charge on any atom is 0.310 e. The van der Waals surface area contributed by atoms with Crippen LogP contribution in [0, 0.1) is 11.6 Å². The molecule has 0 saturated heterocycles. The van der Waals surface area contributed by atoms with Crippen LogP contribution in [0.4, 0.5) is 8.78 Å². The van der Waals surface area contributed by atoms with Gasteiger partial charge in [-0.1, -0.05) is 15.9 Å². The van der Waals surface area contributed by atoms with Crippen molar-refractivity contribution >= 4 is 21.9 Å². The Kier molecular flexibility index (Phi) is 4.20. The number of halogens is 3. The lowest BCUT2D eigenvalue weighted by Gasteiger charge is -2.06. The van der Waals surface area contributed by atoms with Gasteiger partial charge in [0.1, 0.15) is 11.6 Å². The summed E-state index contributed by atoms with van der Waals surface area (Å²) in [6.07, 6.45) is -0.208. The number of esters is 1. The summed E-state index contributed by atoms with van der Waals surface area (Å²) in [7, 11) is 0. The first-order valence-corrected chi connectivity index (χ1v) is 5.13. The van der Waals surface area contributed by atoms with Gasteiger partial charge < -0.3 is 4.74 Å². The summed E-state index contributed by atoms with van der Waals surface area (Å²) in [6.45, 7) is 1.90. The molecule has 0 aliphatic carbocycles. The highest BCUT2D eigenvalue weighted by atomic mass is 79.9. The Morgan fingerprint density at radius 2 is 2.13 bits per heavy atom. The van der Waals surface area contributed by atoms with Crippen LogP contribution in [0.15, 0.2) is 16.6 Å². The molecule has 0 aromatic heterocycles. The molecule has 0 atom stereocenters. The van der Waals surface area contributed by atoms with E-state index in [9.17, 15) is 13.6 Å². The maximum atomic E-state index is 13.2. The summed E-state index contributed by atoms with van der Waals surface area (Å²) in [4.78, 5) is 11.1. The quantitative estimate of drug-likeness (QED) is 0.795. The highest BCUT2D eigenvalue weighted by Crippen LogP contribution is 2.22. The lowest BCUT2D eigenvalue weighted by Crippen LogP contribution is -2.09. The summed E-state index contributed by atoms with van der Waals surface area (Å²) < 4.78 is 30.8. The monoisotopic (exact) mass is 278 g/mol. The number of rotatable bonds is 3. The van der Waals surface area contributed by atoms with Crippen molar-refractivity contribution in [2.75, 3.05) is 6.61 Å². The van der Waals surface area contributed by atoms with E-state index in [1.807, 2.05) is 0 Å². The van der Waals surface area contributed by atoms with Gasteiger partial charge in [0.2, 0.25) is 0 Å². The van der Waals surface area contributed by atoms with Gasteiger partial charge in [0, 0.05) is 16.1 Å². The Hall–Kier alpha value is -0.970. The van der Waals surface area contributed by atoms with E-state index >= 15 is 0 Å². The fourth-order valence-corrected chi connectivity index (χ4v) is 1.65. The molecular weight excluding hydrogens is 270 g/mol. The van der Waals surface area contributed by atoms with Gasteiger partial charge in [-0.25, -0.2) is 8.78 Å². The van der Waals surface area contributed by atoms with Crippen LogP contribution in [0.25, 0.3) is 0 Å². The molecule has 0 N–H and O–H groups in total. The van der Waals surface area contributed by atoms with Crippen molar-refractivity contribution in [3.8, 4) is 0 Å². The number of benzene rings is 1. The van der Waals surface area contributed by atoms with Crippen molar-refractivity contribution in [2.45, 2.75) is 13.3 Å². The van der Waals surface area contributed by atoms with E-state index in [-0.39, 0.29) is 23.1 Å². The van der Waals surface area contributed by atoms with Crippen molar-refractivity contribution in [3.05, 3.63) is 33.8 Å². The molecule has 0 heterocycles. The average Bonchev–Trinajstić information content (AvgIpc) is 2.11. The first kappa shape index (κ1) is 12.1. The van der Waals surface area contributed by atoms with Gasteiger partial charge in [-0.3, -0.25) is 4.79 Å². The molecule has 0 aliphatic heterocycles. The average molecular weight is 279 g/mol. The molecule has 0 unspecified atom stereocenters. The summed E-state index contributed by atoms with van der Waals surface area (Å²) >= 11 is 2.99. The number of ether oxygens (including phenoxy) is 1. The Labute approximate surface area is 94.4 Å². The second-order valence-electron chi connectivity index (χ2n) is 2.83. The largest absolute Gasteiger partial charge is 0.466 e. The van der Waals surface area contributed by atoms with Gasteiger partial charge in [0.05, 0.1) is 13.0 Å². The van der Waals surface area contributed by atoms with Crippen LogP contribution in [0.2, 0.25) is 0 Å². The summed E-state index contributed by atoms with van der Waals surface area (Å²) in [5.41, 5.74) is 0.106. The van der Waals surface area contributed by atoms with Crippen LogP contribution >= 0.6 is 15.9 Å². The zero-order valence-electron chi connectivity index (χ0n) is 8.02. The lowest BCUT2D eigenvalue weighted by molar-refractivity contribution is -0.142. The fraction of sp³-hybridized carbons (Fsp3) is 0.300. The number of carbonyl (C=O) groups is 1. The minimum absolute atomic E-state index is 0.106. The highest BCUT2D eigenvalue weighted by Gasteiger charge is 2.13. The molecule has 1 rings (SSSR count). The molecule has 1 aromatic rings. The second-order valence-corrected chi connectivity index (χ2v) is 3.68. The van der Waals surface area contributed by atoms with Crippen molar-refractivity contribution in [3.63, 3.8) is 0 Å². The van der Waals surface area contributed by atoms with Crippen LogP contribution in [0.5, 0.6) is 0 Å². The van der Waals surface area contributed by atoms with Crippen LogP contribution in [0.3, 0.4) is 0 Å². The molecule has 1 aromatic carbocycles. The first-order chi connectivity index (χ1) is 7.04. The van der Waals surface area contributed by atoms with E-state index in [0.29, 0.717) is 0 Å². The number of hydrogen-bond donors (Lipinski definition) is 0. The topological polar surface area (TPSA) is 26.3 Å². The lowest BCUT2D eigenvalue weighted by atomic mass is 10.1. The molecule has 0 radical (unpaired) electrons. The zero-order valence-corrected chi connectivity index (χ0v) is 9.61. The first-order valence-electron chi connectivity index (χ1n) is 4.33. The molecule has 0 saturated carbocycles. The Morgan fingerprint density at radius 1 is 1.47 bits per heavy atom. The highest BCUT2D eigenvalue weighted by molar-refractivity contribution is 9.10. The summed E-state index contributed by atoms with van der Waals surface area (Å²) in [6, 6.07) is 1.84. The van der Waals surface area contributed by atoms with Gasteiger partial charge >= 0.3 is 5.97 Å². The van der Waals surface area contributed by atoms with E-state index in [1.165, 1.54) is 0 Å². The third kappa shape index (κ3) is 3.27. The van der Waals surface area contributed by atoms with Crippen LogP contribution < -0.4 is 0 Å². The maximum absolute atomic E-state index is 13.2. The van der Waals surface area contributed by atoms with E-state index in [4.69, 9.17) is 0 Å². The minimum atomic E-state index is -0.755. The van der Waals surface area contributed by atoms with E-state index in [2.05, 4.69) is 20.7 Å². The zero-order chi connectivity index (χ0) is 11.4. The number of hydrogen-bond acceptors (Lipinski definition) is 2. The van der Waals surface area contributed by atoms with Crippen molar-refractivity contribution in [1.82, 2.24) is 0 Å². The smallest absolute Gasteiger partial charge is 0.310 e. The Bertz CT molecular complexity index is 357. The Morgan fingerprint density at radius 3 is 2.67 bits per heavy atom. The standard InChI is InChI=1S/C10H9BrF2O2/c1-2-15-10(14)5-7-8(11)3-6(12)4-9(7)13/h3-4H,2,5H2,1H3. The fourth-order valence-electron chi connectivity index (χ4n) is 1.10. The molecule has 15 heavy (non-hydrogen) atoms. The molecule has 82 valence electrons. The minimum Gasteiger partial charge on any atom is -0.466 e. The predicted molar refractivity (Wildman–Crippen MR) is 54.4 cm³/mol. The van der Waals surface area contributed by atoms with E-state index < -0.39 is 17.6 Å². The van der Waals surface area contributed by atoms with Crippen LogP contribution in [-0.2, 0) is 16.0 Å². The molecule has 0 aliphatic rings. The van der Waals surface area contributed by atoms with Gasteiger partial charge in [-0.15, -0.1) is 0 Å². The predicted octanol–water partition coefficient (Wildman–Crippen LogP) is 2.83. The second kappa shape index (κ2) is 5.21. The van der Waals surface area contributed by atoms with Gasteiger partial charge in [0.15, 0.2) is 0 Å². The Balaban J connectivity index is 2.90. The third-order valence-electron chi connectivity index (χ3n) is 1.73.